The van der Waals surface area contributed by atoms with Gasteiger partial charge < -0.3 is 20.5 Å². The summed E-state index contributed by atoms with van der Waals surface area (Å²) in [4.78, 5) is 34.0. The molecule has 1 aliphatic heterocycles. The maximum atomic E-state index is 12.0. The summed E-state index contributed by atoms with van der Waals surface area (Å²) in [5.74, 6) is -1.06. The summed E-state index contributed by atoms with van der Waals surface area (Å²) < 4.78 is 4.75. The number of halogens is 1. The fourth-order valence-electron chi connectivity index (χ4n) is 2.24. The van der Waals surface area contributed by atoms with Gasteiger partial charge in [0.15, 0.2) is 0 Å². The second-order valence-electron chi connectivity index (χ2n) is 4.68. The number of carbonyl (C=O) groups excluding carboxylic acids is 2. The number of aromatic hydroxyl groups is 1. The third-order valence-electron chi connectivity index (χ3n) is 3.27. The zero-order valence-electron chi connectivity index (χ0n) is 12.0. The highest BCUT2D eigenvalue weighted by molar-refractivity contribution is 9.10. The molecule has 0 saturated carbocycles. The van der Waals surface area contributed by atoms with E-state index in [9.17, 15) is 24.8 Å². The van der Waals surface area contributed by atoms with Crippen LogP contribution in [0.1, 0.15) is 18.5 Å². The lowest BCUT2D eigenvalue weighted by atomic mass is 9.94. The van der Waals surface area contributed by atoms with Gasteiger partial charge in [-0.05, 0) is 22.9 Å². The highest BCUT2D eigenvalue weighted by Gasteiger charge is 2.35. The van der Waals surface area contributed by atoms with Crippen LogP contribution in [0.3, 0.4) is 0 Å². The molecule has 0 unspecified atom stereocenters. The topological polar surface area (TPSA) is 131 Å². The summed E-state index contributed by atoms with van der Waals surface area (Å²) in [5, 5.41) is 26.1. The second kappa shape index (κ2) is 6.24. The summed E-state index contributed by atoms with van der Waals surface area (Å²) in [6, 6.07) is 0.512. The van der Waals surface area contributed by atoms with Crippen LogP contribution in [-0.2, 0) is 9.53 Å². The number of non-ortho nitro benzene ring substituents is 1. The Morgan fingerprint density at radius 1 is 1.48 bits per heavy atom. The lowest BCUT2D eigenvalue weighted by Crippen LogP contribution is -2.45. The number of esters is 1. The molecule has 0 aromatic heterocycles. The van der Waals surface area contributed by atoms with Gasteiger partial charge in [-0.15, -0.1) is 0 Å². The number of hydrogen-bond acceptors (Lipinski definition) is 6. The minimum Gasteiger partial charge on any atom is -0.506 e. The quantitative estimate of drug-likeness (QED) is 0.413. The molecule has 1 aromatic rings. The van der Waals surface area contributed by atoms with E-state index in [2.05, 4.69) is 31.3 Å². The first-order valence-electron chi connectivity index (χ1n) is 6.29. The van der Waals surface area contributed by atoms with Crippen molar-refractivity contribution in [3.63, 3.8) is 0 Å². The largest absolute Gasteiger partial charge is 0.506 e. The number of rotatable bonds is 3. The molecule has 0 bridgehead atoms. The van der Waals surface area contributed by atoms with Gasteiger partial charge >= 0.3 is 12.0 Å². The number of allylic oxidation sites excluding steroid dienone is 1. The molecule has 10 heteroatoms. The number of nitrogens with zero attached hydrogens (tertiary/aromatic N) is 1. The van der Waals surface area contributed by atoms with E-state index in [1.807, 2.05) is 0 Å². The van der Waals surface area contributed by atoms with Crippen LogP contribution in [-0.4, -0.2) is 29.1 Å². The molecule has 23 heavy (non-hydrogen) atoms. The van der Waals surface area contributed by atoms with Crippen molar-refractivity contribution in [3.8, 4) is 5.75 Å². The number of carbonyl (C=O) groups is 2. The number of methoxy groups -OCH3 is 1. The van der Waals surface area contributed by atoms with Crippen LogP contribution < -0.4 is 10.6 Å². The predicted octanol–water partition coefficient (Wildman–Crippen LogP) is 1.86. The molecule has 9 nitrogen and oxygen atoms in total. The van der Waals surface area contributed by atoms with E-state index in [1.165, 1.54) is 14.0 Å². The average Bonchev–Trinajstić information content (AvgIpc) is 2.48. The molecular weight excluding hydrogens is 374 g/mol. The summed E-state index contributed by atoms with van der Waals surface area (Å²) in [5.41, 5.74) is -0.0394. The monoisotopic (exact) mass is 385 g/mol. The molecule has 0 spiro atoms. The Hall–Kier alpha value is -2.62. The Balaban J connectivity index is 2.67. The SMILES string of the molecule is COC(=O)C1=C(C)NC(=O)N[C@@H]1c1cc([N+](=O)[O-])cc(Br)c1O. The number of phenols is 1. The summed E-state index contributed by atoms with van der Waals surface area (Å²) in [7, 11) is 1.17. The van der Waals surface area contributed by atoms with Crippen LogP contribution in [0.25, 0.3) is 0 Å². The van der Waals surface area contributed by atoms with Crippen molar-refractivity contribution in [1.82, 2.24) is 10.6 Å². The minimum absolute atomic E-state index is 0.000625. The van der Waals surface area contributed by atoms with E-state index in [-0.39, 0.29) is 32.7 Å². The smallest absolute Gasteiger partial charge is 0.337 e. The Labute approximate surface area is 138 Å². The number of phenolic OH excluding ortho intramolecular Hbond substituents is 1. The zero-order valence-corrected chi connectivity index (χ0v) is 13.6. The summed E-state index contributed by atoms with van der Waals surface area (Å²) in [6.45, 7) is 1.49. The Morgan fingerprint density at radius 3 is 2.70 bits per heavy atom. The standard InChI is InChI=1S/C13H12BrN3O6/c1-5-9(12(19)23-2)10(16-13(20)15-5)7-3-6(17(21)22)4-8(14)11(7)18/h3-4,10,18H,1-2H3,(H2,15,16,20)/t10-/m1/s1. The number of nitro groups is 1. The first-order valence-corrected chi connectivity index (χ1v) is 7.09. The number of nitro benzene ring substituents is 1. The lowest BCUT2D eigenvalue weighted by molar-refractivity contribution is -0.385. The lowest BCUT2D eigenvalue weighted by Gasteiger charge is -2.28. The van der Waals surface area contributed by atoms with Crippen molar-refractivity contribution in [2.45, 2.75) is 13.0 Å². The maximum Gasteiger partial charge on any atom is 0.337 e. The van der Waals surface area contributed by atoms with Gasteiger partial charge in [0.1, 0.15) is 5.75 Å². The van der Waals surface area contributed by atoms with Gasteiger partial charge in [-0.25, -0.2) is 9.59 Å². The van der Waals surface area contributed by atoms with E-state index >= 15 is 0 Å². The van der Waals surface area contributed by atoms with E-state index in [0.29, 0.717) is 0 Å². The van der Waals surface area contributed by atoms with Gasteiger partial charge in [-0.2, -0.15) is 0 Å². The van der Waals surface area contributed by atoms with Crippen LogP contribution >= 0.6 is 15.9 Å². The van der Waals surface area contributed by atoms with Crippen molar-refractivity contribution in [3.05, 3.63) is 43.6 Å². The molecule has 1 heterocycles. The summed E-state index contributed by atoms with van der Waals surface area (Å²) >= 11 is 3.02. The fraction of sp³-hybridized carbons (Fsp3) is 0.231. The first kappa shape index (κ1) is 16.7. The number of ether oxygens (including phenoxy) is 1. The molecule has 0 fully saturated rings. The van der Waals surface area contributed by atoms with Gasteiger partial charge in [-0.3, -0.25) is 10.1 Å². The van der Waals surface area contributed by atoms with Gasteiger partial charge in [0.25, 0.3) is 5.69 Å². The van der Waals surface area contributed by atoms with E-state index < -0.39 is 23.0 Å². The van der Waals surface area contributed by atoms with Gasteiger partial charge in [-0.1, -0.05) is 0 Å². The maximum absolute atomic E-state index is 12.0. The number of nitrogens with one attached hydrogen (secondary N) is 2. The van der Waals surface area contributed by atoms with Gasteiger partial charge in [0, 0.05) is 23.4 Å². The van der Waals surface area contributed by atoms with Crippen LogP contribution in [0.5, 0.6) is 5.75 Å². The second-order valence-corrected chi connectivity index (χ2v) is 5.54. The Kier molecular flexibility index (Phi) is 4.55. The van der Waals surface area contributed by atoms with Crippen molar-refractivity contribution >= 4 is 33.6 Å². The normalized spacial score (nSPS) is 17.3. The van der Waals surface area contributed by atoms with E-state index in [1.54, 1.807) is 0 Å². The fourth-order valence-corrected chi connectivity index (χ4v) is 2.70. The van der Waals surface area contributed by atoms with Gasteiger partial charge in [0.2, 0.25) is 0 Å². The average molecular weight is 386 g/mol. The van der Waals surface area contributed by atoms with Crippen LogP contribution in [0.2, 0.25) is 0 Å². The number of urea groups is 1. The molecule has 122 valence electrons. The van der Waals surface area contributed by atoms with E-state index in [0.717, 1.165) is 12.1 Å². The highest BCUT2D eigenvalue weighted by atomic mass is 79.9. The Bertz CT molecular complexity index is 745. The van der Waals surface area contributed by atoms with Crippen LogP contribution in [0.4, 0.5) is 10.5 Å². The molecule has 3 N–H and O–H groups in total. The molecule has 2 rings (SSSR count). The van der Waals surface area contributed by atoms with Crippen molar-refractivity contribution < 1.29 is 24.4 Å². The third kappa shape index (κ3) is 3.11. The number of benzene rings is 1. The number of amides is 2. The van der Waals surface area contributed by atoms with Crippen molar-refractivity contribution in [2.24, 2.45) is 0 Å². The zero-order chi connectivity index (χ0) is 17.3. The van der Waals surface area contributed by atoms with Crippen LogP contribution in [0, 0.1) is 10.1 Å². The predicted molar refractivity (Wildman–Crippen MR) is 81.6 cm³/mol. The van der Waals surface area contributed by atoms with Crippen molar-refractivity contribution in [2.75, 3.05) is 7.11 Å². The molecule has 1 atom stereocenters. The molecular formula is C13H12BrN3O6. The molecule has 1 aliphatic rings. The van der Waals surface area contributed by atoms with Gasteiger partial charge in [0.05, 0.1) is 28.1 Å². The molecule has 0 aliphatic carbocycles. The van der Waals surface area contributed by atoms with Crippen LogP contribution in [0.15, 0.2) is 27.9 Å². The van der Waals surface area contributed by atoms with E-state index in [4.69, 9.17) is 0 Å². The minimum atomic E-state index is -1.09. The molecule has 0 saturated heterocycles. The number of hydrogen-bond donors (Lipinski definition) is 3. The molecule has 1 aromatic carbocycles. The third-order valence-corrected chi connectivity index (χ3v) is 3.88. The first-order chi connectivity index (χ1) is 10.8. The Morgan fingerprint density at radius 2 is 2.13 bits per heavy atom. The highest BCUT2D eigenvalue weighted by Crippen LogP contribution is 2.39. The molecule has 0 radical (unpaired) electrons. The molecule has 2 amide bonds. The summed E-state index contributed by atoms with van der Waals surface area (Å²) in [6.07, 6.45) is 0. The van der Waals surface area contributed by atoms with Crippen molar-refractivity contribution in [1.29, 1.82) is 0 Å².